The molecule has 0 amide bonds. The number of hydrogen-bond donors (Lipinski definition) is 1. The van der Waals surface area contributed by atoms with Gasteiger partial charge in [0.05, 0.1) is 18.0 Å². The number of methoxy groups -OCH3 is 1. The number of ether oxygens (including phenoxy) is 1. The van der Waals surface area contributed by atoms with Gasteiger partial charge in [0.25, 0.3) is 0 Å². The van der Waals surface area contributed by atoms with Crippen molar-refractivity contribution in [2.24, 2.45) is 5.73 Å². The largest absolute Gasteiger partial charge is 0.494 e. The van der Waals surface area contributed by atoms with Gasteiger partial charge in [-0.2, -0.15) is 0 Å². The van der Waals surface area contributed by atoms with Gasteiger partial charge in [-0.1, -0.05) is 24.3 Å². The SMILES string of the molecule is COc1cccc(C(N)c2ccc(S(C)(=O)=O)cc2)c1F. The van der Waals surface area contributed by atoms with Gasteiger partial charge in [-0.25, -0.2) is 12.8 Å². The number of benzene rings is 2. The van der Waals surface area contributed by atoms with Crippen LogP contribution >= 0.6 is 0 Å². The van der Waals surface area contributed by atoms with E-state index in [1.165, 1.54) is 25.3 Å². The predicted octanol–water partition coefficient (Wildman–Crippen LogP) is 2.29. The molecule has 2 N–H and O–H groups in total. The lowest BCUT2D eigenvalue weighted by molar-refractivity contribution is 0.383. The Kier molecular flexibility index (Phi) is 4.29. The molecule has 21 heavy (non-hydrogen) atoms. The number of nitrogens with two attached hydrogens (primary N) is 1. The molecule has 1 unspecified atom stereocenters. The van der Waals surface area contributed by atoms with Gasteiger partial charge in [-0.05, 0) is 23.8 Å². The van der Waals surface area contributed by atoms with Crippen molar-refractivity contribution in [3.05, 3.63) is 59.4 Å². The van der Waals surface area contributed by atoms with Gasteiger partial charge >= 0.3 is 0 Å². The second-order valence-electron chi connectivity index (χ2n) is 4.68. The van der Waals surface area contributed by atoms with Crippen molar-refractivity contribution in [1.29, 1.82) is 0 Å². The average molecular weight is 309 g/mol. The molecular weight excluding hydrogens is 293 g/mol. The molecule has 0 saturated heterocycles. The van der Waals surface area contributed by atoms with Crippen LogP contribution in [-0.4, -0.2) is 21.8 Å². The highest BCUT2D eigenvalue weighted by Crippen LogP contribution is 2.28. The summed E-state index contributed by atoms with van der Waals surface area (Å²) in [4.78, 5) is 0.199. The minimum Gasteiger partial charge on any atom is -0.494 e. The van der Waals surface area contributed by atoms with Crippen molar-refractivity contribution < 1.29 is 17.5 Å². The molecule has 2 rings (SSSR count). The minimum atomic E-state index is -3.26. The van der Waals surface area contributed by atoms with Crippen molar-refractivity contribution in [2.45, 2.75) is 10.9 Å². The molecule has 0 radical (unpaired) electrons. The summed E-state index contributed by atoms with van der Waals surface area (Å²) in [6.07, 6.45) is 1.13. The first-order valence-corrected chi connectivity index (χ1v) is 8.11. The molecule has 0 heterocycles. The molecule has 0 aliphatic rings. The van der Waals surface area contributed by atoms with Crippen molar-refractivity contribution in [3.63, 3.8) is 0 Å². The van der Waals surface area contributed by atoms with Crippen LogP contribution in [-0.2, 0) is 9.84 Å². The quantitative estimate of drug-likeness (QED) is 0.941. The van der Waals surface area contributed by atoms with E-state index in [9.17, 15) is 12.8 Å². The van der Waals surface area contributed by atoms with Crippen molar-refractivity contribution >= 4 is 9.84 Å². The first kappa shape index (κ1) is 15.5. The van der Waals surface area contributed by atoms with Gasteiger partial charge < -0.3 is 10.5 Å². The standard InChI is InChI=1S/C15H16FNO3S/c1-20-13-5-3-4-12(14(13)16)15(17)10-6-8-11(9-7-10)21(2,18)19/h3-9,15H,17H2,1-2H3. The summed E-state index contributed by atoms with van der Waals surface area (Å²) in [5, 5.41) is 0. The number of rotatable bonds is 4. The van der Waals surface area contributed by atoms with E-state index in [-0.39, 0.29) is 10.6 Å². The number of sulfone groups is 1. The third-order valence-electron chi connectivity index (χ3n) is 3.22. The Morgan fingerprint density at radius 2 is 1.76 bits per heavy atom. The summed E-state index contributed by atoms with van der Waals surface area (Å²) < 4.78 is 41.9. The van der Waals surface area contributed by atoms with Crippen LogP contribution in [0.3, 0.4) is 0 Å². The van der Waals surface area contributed by atoms with Crippen molar-refractivity contribution in [2.75, 3.05) is 13.4 Å². The third-order valence-corrected chi connectivity index (χ3v) is 4.34. The second-order valence-corrected chi connectivity index (χ2v) is 6.70. The van der Waals surface area contributed by atoms with E-state index in [1.54, 1.807) is 24.3 Å². The van der Waals surface area contributed by atoms with Gasteiger partial charge in [0.2, 0.25) is 0 Å². The van der Waals surface area contributed by atoms with Crippen LogP contribution < -0.4 is 10.5 Å². The molecule has 0 spiro atoms. The molecular formula is C15H16FNO3S. The van der Waals surface area contributed by atoms with Crippen LogP contribution in [0.25, 0.3) is 0 Å². The van der Waals surface area contributed by atoms with Crippen LogP contribution in [0.4, 0.5) is 4.39 Å². The Bertz CT molecular complexity index is 742. The Morgan fingerprint density at radius 3 is 2.29 bits per heavy atom. The molecule has 0 aromatic heterocycles. The smallest absolute Gasteiger partial charge is 0.175 e. The van der Waals surface area contributed by atoms with E-state index in [0.29, 0.717) is 11.1 Å². The highest BCUT2D eigenvalue weighted by molar-refractivity contribution is 7.90. The maximum atomic E-state index is 14.2. The van der Waals surface area contributed by atoms with Crippen LogP contribution in [0, 0.1) is 5.82 Å². The van der Waals surface area contributed by atoms with E-state index in [1.807, 2.05) is 0 Å². The average Bonchev–Trinajstić information content (AvgIpc) is 2.46. The maximum absolute atomic E-state index is 14.2. The third kappa shape index (κ3) is 3.22. The van der Waals surface area contributed by atoms with Crippen LogP contribution in [0.5, 0.6) is 5.75 Å². The zero-order valence-electron chi connectivity index (χ0n) is 11.7. The lowest BCUT2D eigenvalue weighted by atomic mass is 9.99. The molecule has 0 bridgehead atoms. The van der Waals surface area contributed by atoms with Gasteiger partial charge in [-0.15, -0.1) is 0 Å². The van der Waals surface area contributed by atoms with Crippen LogP contribution in [0.2, 0.25) is 0 Å². The molecule has 2 aromatic carbocycles. The topological polar surface area (TPSA) is 69.4 Å². The summed E-state index contributed by atoms with van der Waals surface area (Å²) in [5.74, 6) is -0.393. The summed E-state index contributed by atoms with van der Waals surface area (Å²) in [6.45, 7) is 0. The van der Waals surface area contributed by atoms with E-state index in [4.69, 9.17) is 10.5 Å². The van der Waals surface area contributed by atoms with Gasteiger partial charge in [0, 0.05) is 11.8 Å². The molecule has 0 saturated carbocycles. The fourth-order valence-corrected chi connectivity index (χ4v) is 2.66. The fourth-order valence-electron chi connectivity index (χ4n) is 2.03. The van der Waals surface area contributed by atoms with Gasteiger partial charge in [-0.3, -0.25) is 0 Å². The molecule has 0 aliphatic heterocycles. The highest BCUT2D eigenvalue weighted by Gasteiger charge is 2.17. The molecule has 2 aromatic rings. The van der Waals surface area contributed by atoms with Crippen LogP contribution in [0.1, 0.15) is 17.2 Å². The maximum Gasteiger partial charge on any atom is 0.175 e. The highest BCUT2D eigenvalue weighted by atomic mass is 32.2. The Morgan fingerprint density at radius 1 is 1.14 bits per heavy atom. The monoisotopic (exact) mass is 309 g/mol. The zero-order valence-corrected chi connectivity index (χ0v) is 12.5. The first-order valence-electron chi connectivity index (χ1n) is 6.22. The lowest BCUT2D eigenvalue weighted by Crippen LogP contribution is -2.14. The second kappa shape index (κ2) is 5.83. The lowest BCUT2D eigenvalue weighted by Gasteiger charge is -2.15. The predicted molar refractivity (Wildman–Crippen MR) is 78.5 cm³/mol. The fraction of sp³-hybridized carbons (Fsp3) is 0.200. The minimum absolute atomic E-state index is 0.121. The van der Waals surface area contributed by atoms with Crippen molar-refractivity contribution in [3.8, 4) is 5.75 Å². The van der Waals surface area contributed by atoms with E-state index >= 15 is 0 Å². The van der Waals surface area contributed by atoms with E-state index < -0.39 is 21.7 Å². The molecule has 4 nitrogen and oxygen atoms in total. The van der Waals surface area contributed by atoms with E-state index in [0.717, 1.165) is 6.26 Å². The summed E-state index contributed by atoms with van der Waals surface area (Å²) in [5.41, 5.74) is 6.97. The molecule has 0 fully saturated rings. The zero-order chi connectivity index (χ0) is 15.6. The van der Waals surface area contributed by atoms with Gasteiger partial charge in [0.15, 0.2) is 21.4 Å². The molecule has 0 aliphatic carbocycles. The van der Waals surface area contributed by atoms with E-state index in [2.05, 4.69) is 0 Å². The Hall–Kier alpha value is -1.92. The summed E-state index contributed by atoms with van der Waals surface area (Å²) in [6, 6.07) is 10.1. The first-order chi connectivity index (χ1) is 9.84. The normalized spacial score (nSPS) is 13.0. The molecule has 1 atom stereocenters. The van der Waals surface area contributed by atoms with Crippen molar-refractivity contribution in [1.82, 2.24) is 0 Å². The summed E-state index contributed by atoms with van der Waals surface area (Å²) >= 11 is 0. The molecule has 6 heteroatoms. The Balaban J connectivity index is 2.39. The Labute approximate surface area is 123 Å². The van der Waals surface area contributed by atoms with Gasteiger partial charge in [0.1, 0.15) is 0 Å². The summed E-state index contributed by atoms with van der Waals surface area (Å²) in [7, 11) is -1.88. The molecule has 112 valence electrons. The number of hydrogen-bond acceptors (Lipinski definition) is 4. The number of halogens is 1. The van der Waals surface area contributed by atoms with Crippen LogP contribution in [0.15, 0.2) is 47.4 Å².